The molecule has 5 heteroatoms. The molecule has 3 rings (SSSR count). The number of benzene rings is 2. The molecule has 1 heterocycles. The molecule has 0 saturated carbocycles. The Morgan fingerprint density at radius 1 is 1.29 bits per heavy atom. The topological polar surface area (TPSA) is 82.7 Å². The van der Waals surface area contributed by atoms with Crippen LogP contribution in [0.15, 0.2) is 42.6 Å². The van der Waals surface area contributed by atoms with Crippen LogP contribution in [0.3, 0.4) is 0 Å². The molecule has 0 bridgehead atoms. The van der Waals surface area contributed by atoms with Gasteiger partial charge in [0, 0.05) is 28.2 Å². The predicted molar refractivity (Wildman–Crippen MR) is 82.3 cm³/mol. The highest BCUT2D eigenvalue weighted by Crippen LogP contribution is 2.26. The molecule has 3 N–H and O–H groups in total. The fraction of sp³-hybridized carbons (Fsp3) is 0. The highest BCUT2D eigenvalue weighted by atomic mass is 35.5. The standard InChI is InChI=1S/C16H10ClN3O/c17-12-5-4-9(6-13(12)19)16(21)11-8-20-14-3-1-2-10(7-18)15(11)14/h1-6,8,20H,19H2. The van der Waals surface area contributed by atoms with Gasteiger partial charge in [0.25, 0.3) is 0 Å². The number of H-pyrrole nitrogens is 1. The SMILES string of the molecule is N#Cc1cccc2[nH]cc(C(=O)c3ccc(Cl)c(N)c3)c12. The van der Waals surface area contributed by atoms with Gasteiger partial charge >= 0.3 is 0 Å². The average Bonchev–Trinajstić information content (AvgIpc) is 2.93. The predicted octanol–water partition coefficient (Wildman–Crippen LogP) is 3.51. The zero-order valence-corrected chi connectivity index (χ0v) is 11.6. The van der Waals surface area contributed by atoms with Crippen molar-refractivity contribution in [3.8, 4) is 6.07 Å². The van der Waals surface area contributed by atoms with Crippen molar-refractivity contribution in [2.75, 3.05) is 5.73 Å². The number of hydrogen-bond donors (Lipinski definition) is 2. The Kier molecular flexibility index (Phi) is 3.13. The minimum Gasteiger partial charge on any atom is -0.398 e. The Hall–Kier alpha value is -2.77. The second-order valence-corrected chi connectivity index (χ2v) is 5.01. The summed E-state index contributed by atoms with van der Waals surface area (Å²) < 4.78 is 0. The molecule has 0 atom stereocenters. The third-order valence-electron chi connectivity index (χ3n) is 3.33. The first-order valence-electron chi connectivity index (χ1n) is 6.21. The van der Waals surface area contributed by atoms with Gasteiger partial charge in [0.2, 0.25) is 0 Å². The normalized spacial score (nSPS) is 10.5. The second kappa shape index (κ2) is 4.97. The van der Waals surface area contributed by atoms with Crippen LogP contribution in [-0.4, -0.2) is 10.8 Å². The van der Waals surface area contributed by atoms with E-state index >= 15 is 0 Å². The first-order chi connectivity index (χ1) is 10.1. The van der Waals surface area contributed by atoms with Crippen LogP contribution in [0.5, 0.6) is 0 Å². The van der Waals surface area contributed by atoms with E-state index in [4.69, 9.17) is 17.3 Å². The Morgan fingerprint density at radius 3 is 2.81 bits per heavy atom. The third-order valence-corrected chi connectivity index (χ3v) is 3.67. The van der Waals surface area contributed by atoms with Gasteiger partial charge in [-0.3, -0.25) is 4.79 Å². The van der Waals surface area contributed by atoms with E-state index in [9.17, 15) is 10.1 Å². The Labute approximate surface area is 125 Å². The lowest BCUT2D eigenvalue weighted by Crippen LogP contribution is -2.02. The number of aromatic amines is 1. The van der Waals surface area contributed by atoms with Crippen molar-refractivity contribution in [3.63, 3.8) is 0 Å². The van der Waals surface area contributed by atoms with Crippen LogP contribution in [0.25, 0.3) is 10.9 Å². The number of fused-ring (bicyclic) bond motifs is 1. The minimum absolute atomic E-state index is 0.202. The summed E-state index contributed by atoms with van der Waals surface area (Å²) in [7, 11) is 0. The minimum atomic E-state index is -0.202. The molecular weight excluding hydrogens is 286 g/mol. The van der Waals surface area contributed by atoms with Gasteiger partial charge in [0.05, 0.1) is 22.3 Å². The molecule has 0 amide bonds. The summed E-state index contributed by atoms with van der Waals surface area (Å²) in [4.78, 5) is 15.6. The van der Waals surface area contributed by atoms with Crippen LogP contribution in [-0.2, 0) is 0 Å². The molecule has 0 aliphatic carbocycles. The molecule has 1 aromatic heterocycles. The molecule has 2 aromatic carbocycles. The fourth-order valence-electron chi connectivity index (χ4n) is 2.30. The quantitative estimate of drug-likeness (QED) is 0.560. The van der Waals surface area contributed by atoms with Gasteiger partial charge in [0.1, 0.15) is 0 Å². The molecule has 3 aromatic rings. The third kappa shape index (κ3) is 2.14. The summed E-state index contributed by atoms with van der Waals surface area (Å²) in [6.07, 6.45) is 1.61. The first-order valence-corrected chi connectivity index (χ1v) is 6.59. The van der Waals surface area contributed by atoms with Crippen LogP contribution < -0.4 is 5.73 Å². The summed E-state index contributed by atoms with van der Waals surface area (Å²) in [5.74, 6) is -0.202. The Bertz CT molecular complexity index is 906. The number of nitrogens with two attached hydrogens (primary N) is 1. The van der Waals surface area contributed by atoms with Crippen LogP contribution >= 0.6 is 11.6 Å². The average molecular weight is 296 g/mol. The lowest BCUT2D eigenvalue weighted by molar-refractivity contribution is 0.104. The fourth-order valence-corrected chi connectivity index (χ4v) is 2.42. The molecule has 0 unspecified atom stereocenters. The van der Waals surface area contributed by atoms with Gasteiger partial charge in [-0.15, -0.1) is 0 Å². The number of aromatic nitrogens is 1. The van der Waals surface area contributed by atoms with Crippen molar-refractivity contribution < 1.29 is 4.79 Å². The van der Waals surface area contributed by atoms with E-state index in [1.165, 1.54) is 0 Å². The van der Waals surface area contributed by atoms with Gasteiger partial charge in [0.15, 0.2) is 5.78 Å². The van der Waals surface area contributed by atoms with Crippen LogP contribution in [0, 0.1) is 11.3 Å². The molecule has 0 aliphatic heterocycles. The van der Waals surface area contributed by atoms with Gasteiger partial charge in [-0.2, -0.15) is 5.26 Å². The number of anilines is 1. The van der Waals surface area contributed by atoms with Crippen LogP contribution in [0.1, 0.15) is 21.5 Å². The molecule has 0 spiro atoms. The van der Waals surface area contributed by atoms with Gasteiger partial charge < -0.3 is 10.7 Å². The van der Waals surface area contributed by atoms with Crippen molar-refractivity contribution >= 4 is 34.0 Å². The number of nitrogens with zero attached hydrogens (tertiary/aromatic N) is 1. The molecule has 21 heavy (non-hydrogen) atoms. The van der Waals surface area contributed by atoms with Crippen molar-refractivity contribution in [1.29, 1.82) is 5.26 Å². The Morgan fingerprint density at radius 2 is 2.10 bits per heavy atom. The highest BCUT2D eigenvalue weighted by molar-refractivity contribution is 6.33. The molecular formula is C16H10ClN3O. The van der Waals surface area contributed by atoms with Gasteiger partial charge in [-0.25, -0.2) is 0 Å². The molecule has 0 radical (unpaired) electrons. The summed E-state index contributed by atoms with van der Waals surface area (Å²) >= 11 is 5.87. The molecule has 4 nitrogen and oxygen atoms in total. The van der Waals surface area contributed by atoms with E-state index in [2.05, 4.69) is 11.1 Å². The molecule has 102 valence electrons. The smallest absolute Gasteiger partial charge is 0.195 e. The summed E-state index contributed by atoms with van der Waals surface area (Å²) in [6, 6.07) is 12.1. The number of ketones is 1. The lowest BCUT2D eigenvalue weighted by atomic mass is 9.99. The largest absolute Gasteiger partial charge is 0.398 e. The number of nitrogen functional groups attached to an aromatic ring is 1. The number of carbonyl (C=O) groups excluding carboxylic acids is 1. The van der Waals surface area contributed by atoms with Crippen molar-refractivity contribution in [2.45, 2.75) is 0 Å². The number of hydrogen-bond acceptors (Lipinski definition) is 3. The van der Waals surface area contributed by atoms with E-state index in [-0.39, 0.29) is 5.78 Å². The maximum Gasteiger partial charge on any atom is 0.195 e. The number of nitriles is 1. The number of nitrogens with one attached hydrogen (secondary N) is 1. The van der Waals surface area contributed by atoms with E-state index in [1.807, 2.05) is 6.07 Å². The number of halogens is 1. The van der Waals surface area contributed by atoms with Gasteiger partial charge in [-0.1, -0.05) is 17.7 Å². The Balaban J connectivity index is 2.18. The van der Waals surface area contributed by atoms with Crippen molar-refractivity contribution in [2.24, 2.45) is 0 Å². The van der Waals surface area contributed by atoms with E-state index in [1.54, 1.807) is 36.5 Å². The molecule has 0 fully saturated rings. The maximum absolute atomic E-state index is 12.6. The van der Waals surface area contributed by atoms with E-state index < -0.39 is 0 Å². The van der Waals surface area contributed by atoms with Crippen molar-refractivity contribution in [3.05, 3.63) is 64.3 Å². The highest BCUT2D eigenvalue weighted by Gasteiger charge is 2.17. The zero-order chi connectivity index (χ0) is 15.0. The molecule has 0 aliphatic rings. The van der Waals surface area contributed by atoms with E-state index in [0.717, 1.165) is 5.52 Å². The van der Waals surface area contributed by atoms with Gasteiger partial charge in [-0.05, 0) is 30.3 Å². The van der Waals surface area contributed by atoms with Crippen molar-refractivity contribution in [1.82, 2.24) is 4.98 Å². The summed E-state index contributed by atoms with van der Waals surface area (Å²) in [6.45, 7) is 0. The summed E-state index contributed by atoms with van der Waals surface area (Å²) in [5.41, 5.74) is 8.18. The lowest BCUT2D eigenvalue weighted by Gasteiger charge is -2.03. The van der Waals surface area contributed by atoms with E-state index in [0.29, 0.717) is 32.8 Å². The summed E-state index contributed by atoms with van der Waals surface area (Å²) in [5, 5.41) is 10.2. The van der Waals surface area contributed by atoms with Crippen LogP contribution in [0.2, 0.25) is 5.02 Å². The van der Waals surface area contributed by atoms with Crippen LogP contribution in [0.4, 0.5) is 5.69 Å². The monoisotopic (exact) mass is 295 g/mol. The maximum atomic E-state index is 12.6. The zero-order valence-electron chi connectivity index (χ0n) is 10.9. The molecule has 0 saturated heterocycles. The number of rotatable bonds is 2. The second-order valence-electron chi connectivity index (χ2n) is 4.61. The number of carbonyl (C=O) groups is 1. The first kappa shape index (κ1) is 13.2.